The highest BCUT2D eigenvalue weighted by Crippen LogP contribution is 2.41. The summed E-state index contributed by atoms with van der Waals surface area (Å²) < 4.78 is 19.8. The van der Waals surface area contributed by atoms with E-state index in [-0.39, 0.29) is 23.1 Å². The molecule has 1 aliphatic heterocycles. The average Bonchev–Trinajstić information content (AvgIpc) is 2.58. The molecule has 0 aliphatic carbocycles. The van der Waals surface area contributed by atoms with E-state index in [0.29, 0.717) is 6.54 Å². The number of halogens is 1. The largest absolute Gasteiger partial charge is 0.367 e. The Hall–Kier alpha value is -1.13. The summed E-state index contributed by atoms with van der Waals surface area (Å²) in [4.78, 5) is 2.25. The van der Waals surface area contributed by atoms with Gasteiger partial charge in [0, 0.05) is 12.2 Å². The number of hydrogen-bond acceptors (Lipinski definition) is 3. The fraction of sp³-hybridized carbons (Fsp3) is 0.647. The van der Waals surface area contributed by atoms with E-state index < -0.39 is 0 Å². The Morgan fingerprint density at radius 3 is 2.57 bits per heavy atom. The maximum absolute atomic E-state index is 13.6. The number of nitrogens with zero attached hydrogens (tertiary/aromatic N) is 1. The first-order chi connectivity index (χ1) is 9.75. The van der Waals surface area contributed by atoms with Crippen LogP contribution in [0.25, 0.3) is 0 Å². The molecule has 1 aromatic carbocycles. The number of nitrogens with two attached hydrogens (primary N) is 1. The summed E-state index contributed by atoms with van der Waals surface area (Å²) in [5, 5.41) is 0. The van der Waals surface area contributed by atoms with Crippen molar-refractivity contribution in [2.24, 2.45) is 5.73 Å². The molecule has 2 N–H and O–H groups in total. The predicted molar refractivity (Wildman–Crippen MR) is 85.1 cm³/mol. The van der Waals surface area contributed by atoms with Gasteiger partial charge in [-0.15, -0.1) is 0 Å². The number of benzene rings is 1. The van der Waals surface area contributed by atoms with Crippen LogP contribution in [0.1, 0.15) is 40.5 Å². The lowest BCUT2D eigenvalue weighted by Crippen LogP contribution is -2.47. The van der Waals surface area contributed by atoms with Gasteiger partial charge in [0.25, 0.3) is 0 Å². The summed E-state index contributed by atoms with van der Waals surface area (Å²) in [6, 6.07) is 7.00. The number of ether oxygens (including phenoxy) is 1. The van der Waals surface area contributed by atoms with Crippen molar-refractivity contribution < 1.29 is 9.13 Å². The molecule has 3 nitrogen and oxygen atoms in total. The van der Waals surface area contributed by atoms with E-state index in [4.69, 9.17) is 10.5 Å². The van der Waals surface area contributed by atoms with E-state index in [1.54, 1.807) is 12.1 Å². The minimum Gasteiger partial charge on any atom is -0.367 e. The predicted octanol–water partition coefficient (Wildman–Crippen LogP) is 3.33. The Bertz CT molecular complexity index is 487. The first-order valence-corrected chi connectivity index (χ1v) is 7.68. The molecule has 118 valence electrons. The third-order valence-corrected chi connectivity index (χ3v) is 4.15. The van der Waals surface area contributed by atoms with Gasteiger partial charge in [0.05, 0.1) is 17.2 Å². The van der Waals surface area contributed by atoms with Gasteiger partial charge in [0.1, 0.15) is 5.82 Å². The van der Waals surface area contributed by atoms with Crippen molar-refractivity contribution in [2.45, 2.75) is 57.8 Å². The lowest BCUT2D eigenvalue weighted by atomic mass is 9.92. The third-order valence-electron chi connectivity index (χ3n) is 4.15. The van der Waals surface area contributed by atoms with E-state index in [1.807, 2.05) is 6.07 Å². The zero-order valence-corrected chi connectivity index (χ0v) is 13.5. The minimum atomic E-state index is -0.273. The molecule has 1 aromatic rings. The van der Waals surface area contributed by atoms with Crippen LogP contribution in [-0.4, -0.2) is 30.3 Å². The molecule has 4 heteroatoms. The Balaban J connectivity index is 2.32. The summed E-state index contributed by atoms with van der Waals surface area (Å²) in [6.07, 6.45) is 1.80. The normalized spacial score (nSPS) is 23.2. The second kappa shape index (κ2) is 5.93. The highest BCUT2D eigenvalue weighted by atomic mass is 19.1. The molecule has 0 amide bonds. The maximum atomic E-state index is 13.6. The van der Waals surface area contributed by atoms with E-state index in [1.165, 1.54) is 6.07 Å². The van der Waals surface area contributed by atoms with Gasteiger partial charge in [-0.3, -0.25) is 0 Å². The van der Waals surface area contributed by atoms with Crippen molar-refractivity contribution in [3.8, 4) is 0 Å². The van der Waals surface area contributed by atoms with Crippen LogP contribution in [0.15, 0.2) is 24.3 Å². The molecule has 0 aromatic heterocycles. The summed E-state index contributed by atoms with van der Waals surface area (Å²) >= 11 is 0. The van der Waals surface area contributed by atoms with Crippen molar-refractivity contribution in [1.82, 2.24) is 0 Å². The first kappa shape index (κ1) is 16.2. The second-order valence-electron chi connectivity index (χ2n) is 7.00. The molecule has 2 rings (SSSR count). The Kier molecular flexibility index (Phi) is 4.59. The average molecular weight is 294 g/mol. The smallest absolute Gasteiger partial charge is 0.125 e. The topological polar surface area (TPSA) is 38.5 Å². The van der Waals surface area contributed by atoms with Gasteiger partial charge in [-0.25, -0.2) is 4.39 Å². The minimum absolute atomic E-state index is 0.164. The highest BCUT2D eigenvalue weighted by molar-refractivity contribution is 5.48. The molecule has 1 unspecified atom stereocenters. The number of rotatable bonds is 5. The summed E-state index contributed by atoms with van der Waals surface area (Å²) in [7, 11) is 0. The van der Waals surface area contributed by atoms with E-state index in [0.717, 1.165) is 25.1 Å². The Labute approximate surface area is 127 Å². The van der Waals surface area contributed by atoms with Crippen LogP contribution in [0.5, 0.6) is 0 Å². The van der Waals surface area contributed by atoms with Gasteiger partial charge < -0.3 is 15.4 Å². The molecule has 21 heavy (non-hydrogen) atoms. The quantitative estimate of drug-likeness (QED) is 0.905. The fourth-order valence-corrected chi connectivity index (χ4v) is 3.40. The molecular formula is C17H27FN2O. The van der Waals surface area contributed by atoms with Crippen molar-refractivity contribution in [2.75, 3.05) is 18.0 Å². The molecule has 1 heterocycles. The van der Waals surface area contributed by atoms with Crippen LogP contribution in [-0.2, 0) is 4.74 Å². The van der Waals surface area contributed by atoms with E-state index >= 15 is 0 Å². The van der Waals surface area contributed by atoms with Crippen LogP contribution in [0, 0.1) is 5.82 Å². The van der Waals surface area contributed by atoms with Crippen LogP contribution >= 0.6 is 0 Å². The van der Waals surface area contributed by atoms with E-state index in [9.17, 15) is 4.39 Å². The Morgan fingerprint density at radius 1 is 1.33 bits per heavy atom. The van der Waals surface area contributed by atoms with Gasteiger partial charge in [-0.2, -0.15) is 0 Å². The Morgan fingerprint density at radius 2 is 2.05 bits per heavy atom. The van der Waals surface area contributed by atoms with Gasteiger partial charge in [-0.05, 0) is 65.3 Å². The molecule has 0 radical (unpaired) electrons. The number of hydrogen-bond donors (Lipinski definition) is 1. The lowest BCUT2D eigenvalue weighted by molar-refractivity contribution is -0.0679. The molecule has 1 atom stereocenters. The SMILES string of the molecule is CC1(C)CC(N(CCCN)c2cccc(F)c2)C(C)(C)O1. The van der Waals surface area contributed by atoms with Crippen LogP contribution < -0.4 is 10.6 Å². The third kappa shape index (κ3) is 3.74. The van der Waals surface area contributed by atoms with Crippen molar-refractivity contribution in [3.05, 3.63) is 30.1 Å². The van der Waals surface area contributed by atoms with Crippen molar-refractivity contribution in [1.29, 1.82) is 0 Å². The van der Waals surface area contributed by atoms with Crippen LogP contribution in [0.4, 0.5) is 10.1 Å². The lowest BCUT2D eigenvalue weighted by Gasteiger charge is -2.38. The fourth-order valence-electron chi connectivity index (χ4n) is 3.40. The molecule has 0 bridgehead atoms. The standard InChI is InChI=1S/C17H27FN2O/c1-16(2)12-15(17(3,4)21-16)20(10-6-9-19)14-8-5-7-13(18)11-14/h5,7-8,11,15H,6,9-10,12,19H2,1-4H3. The zero-order chi connectivity index (χ0) is 15.7. The van der Waals surface area contributed by atoms with Gasteiger partial charge in [0.15, 0.2) is 0 Å². The molecular weight excluding hydrogens is 267 g/mol. The zero-order valence-electron chi connectivity index (χ0n) is 13.5. The van der Waals surface area contributed by atoms with Crippen LogP contribution in [0.3, 0.4) is 0 Å². The highest BCUT2D eigenvalue weighted by Gasteiger charge is 2.48. The number of anilines is 1. The van der Waals surface area contributed by atoms with Crippen LogP contribution in [0.2, 0.25) is 0 Å². The van der Waals surface area contributed by atoms with Crippen molar-refractivity contribution in [3.63, 3.8) is 0 Å². The maximum Gasteiger partial charge on any atom is 0.125 e. The van der Waals surface area contributed by atoms with Gasteiger partial charge in [0.2, 0.25) is 0 Å². The summed E-state index contributed by atoms with van der Waals surface area (Å²) in [5.74, 6) is -0.207. The summed E-state index contributed by atoms with van der Waals surface area (Å²) in [5.41, 5.74) is 6.14. The molecule has 1 aliphatic rings. The second-order valence-corrected chi connectivity index (χ2v) is 7.00. The van der Waals surface area contributed by atoms with Gasteiger partial charge >= 0.3 is 0 Å². The molecule has 0 spiro atoms. The van der Waals surface area contributed by atoms with Gasteiger partial charge in [-0.1, -0.05) is 6.07 Å². The van der Waals surface area contributed by atoms with E-state index in [2.05, 4.69) is 32.6 Å². The molecule has 1 fully saturated rings. The summed E-state index contributed by atoms with van der Waals surface area (Å²) in [6.45, 7) is 9.89. The molecule has 1 saturated heterocycles. The van der Waals surface area contributed by atoms with Crippen molar-refractivity contribution >= 4 is 5.69 Å². The monoisotopic (exact) mass is 294 g/mol. The molecule has 0 saturated carbocycles. The first-order valence-electron chi connectivity index (χ1n) is 7.68.